The highest BCUT2D eigenvalue weighted by atomic mass is 35.5. The number of benzene rings is 2. The summed E-state index contributed by atoms with van der Waals surface area (Å²) in [5.74, 6) is -0.754. The summed E-state index contributed by atoms with van der Waals surface area (Å²) in [5, 5.41) is 4.26. The van der Waals surface area contributed by atoms with E-state index in [4.69, 9.17) is 16.3 Å². The van der Waals surface area contributed by atoms with Gasteiger partial charge in [-0.3, -0.25) is 14.6 Å². The average Bonchev–Trinajstić information content (AvgIpc) is 2.67. The molecular weight excluding hydrogens is 376 g/mol. The van der Waals surface area contributed by atoms with Gasteiger partial charge >= 0.3 is 5.97 Å². The summed E-state index contributed by atoms with van der Waals surface area (Å²) in [4.78, 5) is 29.4. The van der Waals surface area contributed by atoms with Gasteiger partial charge in [-0.05, 0) is 43.2 Å². The molecule has 0 aliphatic carbocycles. The Hall–Kier alpha value is -2.92. The summed E-state index contributed by atoms with van der Waals surface area (Å²) in [7, 11) is 1.31. The number of aryl methyl sites for hydroxylation is 2. The fourth-order valence-electron chi connectivity index (χ4n) is 3.09. The molecule has 2 aromatic carbocycles. The highest BCUT2D eigenvalue weighted by Crippen LogP contribution is 2.26. The molecule has 0 aliphatic heterocycles. The fourth-order valence-corrected chi connectivity index (χ4v) is 3.35. The molecule has 144 valence electrons. The third kappa shape index (κ3) is 4.31. The summed E-state index contributed by atoms with van der Waals surface area (Å²) >= 11 is 6.28. The predicted octanol–water partition coefficient (Wildman–Crippen LogP) is 4.54. The maximum Gasteiger partial charge on any atom is 0.307 e. The molecule has 5 nitrogen and oxygen atoms in total. The Kier molecular flexibility index (Phi) is 5.95. The average molecular weight is 397 g/mol. The van der Waals surface area contributed by atoms with Crippen molar-refractivity contribution in [2.45, 2.75) is 26.3 Å². The number of halogens is 1. The Labute approximate surface area is 168 Å². The third-order valence-electron chi connectivity index (χ3n) is 4.59. The van der Waals surface area contributed by atoms with Gasteiger partial charge in [0, 0.05) is 10.4 Å². The third-order valence-corrected chi connectivity index (χ3v) is 4.94. The number of nitrogens with one attached hydrogen (secondary N) is 1. The van der Waals surface area contributed by atoms with Crippen molar-refractivity contribution in [2.24, 2.45) is 0 Å². The number of amides is 1. The van der Waals surface area contributed by atoms with Crippen molar-refractivity contribution in [3.8, 4) is 0 Å². The Bertz CT molecular complexity index is 1050. The number of methoxy groups -OCH3 is 1. The van der Waals surface area contributed by atoms with Crippen LogP contribution in [0.25, 0.3) is 10.9 Å². The van der Waals surface area contributed by atoms with E-state index in [9.17, 15) is 9.59 Å². The normalized spacial score (nSPS) is 11.9. The van der Waals surface area contributed by atoms with Crippen LogP contribution in [0.3, 0.4) is 0 Å². The second-order valence-corrected chi connectivity index (χ2v) is 7.05. The molecule has 1 amide bonds. The van der Waals surface area contributed by atoms with Gasteiger partial charge in [0.15, 0.2) is 0 Å². The summed E-state index contributed by atoms with van der Waals surface area (Å²) in [5.41, 5.74) is 3.68. The maximum absolute atomic E-state index is 13.0. The minimum absolute atomic E-state index is 0.0226. The van der Waals surface area contributed by atoms with E-state index in [1.807, 2.05) is 37.3 Å². The van der Waals surface area contributed by atoms with Crippen LogP contribution < -0.4 is 5.32 Å². The molecule has 0 saturated heterocycles. The maximum atomic E-state index is 13.0. The van der Waals surface area contributed by atoms with E-state index in [1.165, 1.54) is 7.11 Å². The molecule has 0 radical (unpaired) electrons. The van der Waals surface area contributed by atoms with Crippen LogP contribution >= 0.6 is 11.6 Å². The lowest BCUT2D eigenvalue weighted by Crippen LogP contribution is -2.31. The van der Waals surface area contributed by atoms with Gasteiger partial charge in [0.2, 0.25) is 0 Å². The zero-order valence-corrected chi connectivity index (χ0v) is 16.7. The molecule has 0 aliphatic rings. The SMILES string of the molecule is COC(=O)CC(NC(=O)c1cc2ccc(C)cc2nc1C)c1ccccc1Cl. The Morgan fingerprint density at radius 2 is 1.89 bits per heavy atom. The Morgan fingerprint density at radius 3 is 2.61 bits per heavy atom. The number of rotatable bonds is 5. The van der Waals surface area contributed by atoms with E-state index in [-0.39, 0.29) is 12.3 Å². The number of pyridine rings is 1. The lowest BCUT2D eigenvalue weighted by Gasteiger charge is -2.20. The Morgan fingerprint density at radius 1 is 1.14 bits per heavy atom. The summed E-state index contributed by atoms with van der Waals surface area (Å²) in [6, 6.07) is 14.2. The number of fused-ring (bicyclic) bond motifs is 1. The number of carbonyl (C=O) groups excluding carboxylic acids is 2. The summed E-state index contributed by atoms with van der Waals surface area (Å²) < 4.78 is 4.78. The minimum Gasteiger partial charge on any atom is -0.469 e. The van der Waals surface area contributed by atoms with E-state index in [0.29, 0.717) is 21.8 Å². The van der Waals surface area contributed by atoms with Crippen LogP contribution in [0.15, 0.2) is 48.5 Å². The van der Waals surface area contributed by atoms with Crippen molar-refractivity contribution in [2.75, 3.05) is 7.11 Å². The van der Waals surface area contributed by atoms with Crippen LogP contribution in [-0.4, -0.2) is 24.0 Å². The molecule has 3 rings (SSSR count). The van der Waals surface area contributed by atoms with Crippen molar-refractivity contribution >= 4 is 34.4 Å². The van der Waals surface area contributed by atoms with Gasteiger partial charge < -0.3 is 10.1 Å². The van der Waals surface area contributed by atoms with Crippen LogP contribution in [-0.2, 0) is 9.53 Å². The zero-order chi connectivity index (χ0) is 20.3. The number of hydrogen-bond donors (Lipinski definition) is 1. The number of aromatic nitrogens is 1. The molecule has 1 unspecified atom stereocenters. The molecule has 0 spiro atoms. The molecule has 28 heavy (non-hydrogen) atoms. The molecule has 0 bridgehead atoms. The van der Waals surface area contributed by atoms with Crippen molar-refractivity contribution < 1.29 is 14.3 Å². The predicted molar refractivity (Wildman–Crippen MR) is 110 cm³/mol. The van der Waals surface area contributed by atoms with E-state index in [1.54, 1.807) is 25.1 Å². The van der Waals surface area contributed by atoms with Crippen molar-refractivity contribution in [1.82, 2.24) is 10.3 Å². The van der Waals surface area contributed by atoms with Crippen LogP contribution in [0, 0.1) is 13.8 Å². The molecule has 3 aromatic rings. The van der Waals surface area contributed by atoms with E-state index < -0.39 is 12.0 Å². The standard InChI is InChI=1S/C22H21ClN2O3/c1-13-8-9-15-11-17(14(2)24-19(15)10-13)22(27)25-20(12-21(26)28-3)16-6-4-5-7-18(16)23/h4-11,20H,12H2,1-3H3,(H,25,27). The topological polar surface area (TPSA) is 68.3 Å². The first-order valence-electron chi connectivity index (χ1n) is 8.89. The van der Waals surface area contributed by atoms with Crippen molar-refractivity contribution in [3.05, 3.63) is 75.9 Å². The van der Waals surface area contributed by atoms with Crippen molar-refractivity contribution in [3.63, 3.8) is 0 Å². The van der Waals surface area contributed by atoms with Gasteiger partial charge in [-0.2, -0.15) is 0 Å². The van der Waals surface area contributed by atoms with Gasteiger partial charge in [0.25, 0.3) is 5.91 Å². The highest BCUT2D eigenvalue weighted by Gasteiger charge is 2.23. The molecule has 1 aromatic heterocycles. The van der Waals surface area contributed by atoms with Gasteiger partial charge in [-0.1, -0.05) is 41.9 Å². The van der Waals surface area contributed by atoms with Crippen LogP contribution in [0.4, 0.5) is 0 Å². The van der Waals surface area contributed by atoms with Gasteiger partial charge in [-0.25, -0.2) is 0 Å². The first-order chi connectivity index (χ1) is 13.4. The molecule has 1 atom stereocenters. The lowest BCUT2D eigenvalue weighted by atomic mass is 10.0. The zero-order valence-electron chi connectivity index (χ0n) is 16.0. The Balaban J connectivity index is 1.94. The first-order valence-corrected chi connectivity index (χ1v) is 9.27. The highest BCUT2D eigenvalue weighted by molar-refractivity contribution is 6.31. The summed E-state index contributed by atoms with van der Waals surface area (Å²) in [6.07, 6.45) is -0.0226. The van der Waals surface area contributed by atoms with Gasteiger partial charge in [0.05, 0.1) is 36.3 Å². The molecule has 6 heteroatoms. The van der Waals surface area contributed by atoms with Crippen LogP contribution in [0.1, 0.15) is 39.6 Å². The van der Waals surface area contributed by atoms with E-state index >= 15 is 0 Å². The minimum atomic E-state index is -0.609. The lowest BCUT2D eigenvalue weighted by molar-refractivity contribution is -0.141. The van der Waals surface area contributed by atoms with Gasteiger partial charge in [0.1, 0.15) is 0 Å². The number of hydrogen-bond acceptors (Lipinski definition) is 4. The number of nitrogens with zero attached hydrogens (tertiary/aromatic N) is 1. The smallest absolute Gasteiger partial charge is 0.307 e. The quantitative estimate of drug-likeness (QED) is 0.643. The van der Waals surface area contributed by atoms with Gasteiger partial charge in [-0.15, -0.1) is 0 Å². The molecule has 0 saturated carbocycles. The first kappa shape index (κ1) is 19.8. The second-order valence-electron chi connectivity index (χ2n) is 6.65. The second kappa shape index (κ2) is 8.40. The summed E-state index contributed by atoms with van der Waals surface area (Å²) in [6.45, 7) is 3.79. The number of ether oxygens (including phenoxy) is 1. The van der Waals surface area contributed by atoms with Crippen LogP contribution in [0.2, 0.25) is 5.02 Å². The fraction of sp³-hybridized carbons (Fsp3) is 0.227. The molecular formula is C22H21ClN2O3. The number of carbonyl (C=O) groups is 2. The van der Waals surface area contributed by atoms with Crippen molar-refractivity contribution in [1.29, 1.82) is 0 Å². The molecule has 1 N–H and O–H groups in total. The van der Waals surface area contributed by atoms with Crippen LogP contribution in [0.5, 0.6) is 0 Å². The molecule has 1 heterocycles. The molecule has 0 fully saturated rings. The van der Waals surface area contributed by atoms with E-state index in [2.05, 4.69) is 10.3 Å². The monoisotopic (exact) mass is 396 g/mol. The largest absolute Gasteiger partial charge is 0.469 e. The number of esters is 1. The van der Waals surface area contributed by atoms with E-state index in [0.717, 1.165) is 16.5 Å².